The Kier molecular flexibility index (Phi) is 5.55. The third kappa shape index (κ3) is 3.86. The highest BCUT2D eigenvalue weighted by Gasteiger charge is 2.24. The van der Waals surface area contributed by atoms with E-state index in [0.29, 0.717) is 22.1 Å². The Hall–Kier alpha value is -2.50. The molecule has 0 amide bonds. The average molecular weight is 416 g/mol. The van der Waals surface area contributed by atoms with Gasteiger partial charge in [-0.15, -0.1) is 0 Å². The first-order valence-electron chi connectivity index (χ1n) is 9.13. The lowest BCUT2D eigenvalue weighted by Crippen LogP contribution is -2.39. The van der Waals surface area contributed by atoms with Crippen molar-refractivity contribution < 1.29 is 4.74 Å². The molecule has 7 heteroatoms. The number of hydrogen-bond acceptors (Lipinski definition) is 4. The molecule has 5 nitrogen and oxygen atoms in total. The van der Waals surface area contributed by atoms with Gasteiger partial charge in [-0.1, -0.05) is 53.5 Å². The summed E-state index contributed by atoms with van der Waals surface area (Å²) < 4.78 is 7.35. The fraction of sp³-hybridized carbons (Fsp3) is 0.238. The van der Waals surface area contributed by atoms with E-state index in [0.717, 1.165) is 25.9 Å². The van der Waals surface area contributed by atoms with Crippen molar-refractivity contribution in [1.29, 1.82) is 0 Å². The van der Waals surface area contributed by atoms with Crippen LogP contribution in [0, 0.1) is 0 Å². The molecule has 28 heavy (non-hydrogen) atoms. The lowest BCUT2D eigenvalue weighted by molar-refractivity contribution is 0.171. The molecule has 0 atom stereocenters. The Labute approximate surface area is 173 Å². The van der Waals surface area contributed by atoms with Crippen LogP contribution in [-0.4, -0.2) is 29.0 Å². The summed E-state index contributed by atoms with van der Waals surface area (Å²) in [5, 5.41) is 5.11. The SMILES string of the molecule is O=c1c(Cl)c(N2CCC(Oc3ccccc3Cl)CC2)cnn1-c1ccccc1. The molecule has 2 heterocycles. The quantitative estimate of drug-likeness (QED) is 0.625. The van der Waals surface area contributed by atoms with E-state index < -0.39 is 0 Å². The molecule has 1 saturated heterocycles. The Bertz CT molecular complexity index is 1020. The molecule has 144 valence electrons. The van der Waals surface area contributed by atoms with Crippen LogP contribution in [-0.2, 0) is 0 Å². The smallest absolute Gasteiger partial charge is 0.292 e. The zero-order valence-corrected chi connectivity index (χ0v) is 16.6. The maximum atomic E-state index is 12.7. The first kappa shape index (κ1) is 18.8. The van der Waals surface area contributed by atoms with Gasteiger partial charge in [0, 0.05) is 25.9 Å². The molecular formula is C21H19Cl2N3O2. The van der Waals surface area contributed by atoms with E-state index in [1.807, 2.05) is 54.6 Å². The molecule has 0 spiro atoms. The summed E-state index contributed by atoms with van der Waals surface area (Å²) in [6, 6.07) is 16.7. The molecule has 0 bridgehead atoms. The summed E-state index contributed by atoms with van der Waals surface area (Å²) in [7, 11) is 0. The van der Waals surface area contributed by atoms with E-state index in [-0.39, 0.29) is 16.7 Å². The number of anilines is 1. The zero-order chi connectivity index (χ0) is 19.5. The number of rotatable bonds is 4. The molecule has 1 fully saturated rings. The first-order valence-corrected chi connectivity index (χ1v) is 9.88. The largest absolute Gasteiger partial charge is 0.489 e. The number of ether oxygens (including phenoxy) is 1. The van der Waals surface area contributed by atoms with E-state index in [4.69, 9.17) is 27.9 Å². The normalized spacial score (nSPS) is 14.9. The van der Waals surface area contributed by atoms with Crippen molar-refractivity contribution in [2.45, 2.75) is 18.9 Å². The second-order valence-corrected chi connectivity index (χ2v) is 7.42. The highest BCUT2D eigenvalue weighted by Crippen LogP contribution is 2.29. The highest BCUT2D eigenvalue weighted by molar-refractivity contribution is 6.33. The van der Waals surface area contributed by atoms with Gasteiger partial charge in [0.1, 0.15) is 16.9 Å². The Morgan fingerprint density at radius 3 is 2.36 bits per heavy atom. The van der Waals surface area contributed by atoms with Crippen LogP contribution in [0.4, 0.5) is 5.69 Å². The Morgan fingerprint density at radius 2 is 1.64 bits per heavy atom. The maximum Gasteiger partial charge on any atom is 0.292 e. The maximum absolute atomic E-state index is 12.7. The number of hydrogen-bond donors (Lipinski definition) is 0. The molecule has 0 saturated carbocycles. The number of halogens is 2. The van der Waals surface area contributed by atoms with Crippen molar-refractivity contribution in [3.8, 4) is 11.4 Å². The fourth-order valence-corrected chi connectivity index (χ4v) is 3.76. The van der Waals surface area contributed by atoms with E-state index in [2.05, 4.69) is 10.00 Å². The van der Waals surface area contributed by atoms with Gasteiger partial charge < -0.3 is 9.64 Å². The van der Waals surface area contributed by atoms with E-state index in [1.54, 1.807) is 6.20 Å². The van der Waals surface area contributed by atoms with Gasteiger partial charge in [-0.3, -0.25) is 4.79 Å². The third-order valence-electron chi connectivity index (χ3n) is 4.81. The molecule has 0 N–H and O–H groups in total. The van der Waals surface area contributed by atoms with Crippen LogP contribution in [0.5, 0.6) is 5.75 Å². The molecule has 1 aromatic heterocycles. The molecule has 0 aliphatic carbocycles. The number of aromatic nitrogens is 2. The van der Waals surface area contributed by atoms with Crippen LogP contribution in [0.1, 0.15) is 12.8 Å². The Morgan fingerprint density at radius 1 is 0.964 bits per heavy atom. The molecule has 0 unspecified atom stereocenters. The second-order valence-electron chi connectivity index (χ2n) is 6.63. The van der Waals surface area contributed by atoms with E-state index >= 15 is 0 Å². The van der Waals surface area contributed by atoms with Crippen molar-refractivity contribution in [3.63, 3.8) is 0 Å². The van der Waals surface area contributed by atoms with Gasteiger partial charge >= 0.3 is 0 Å². The summed E-state index contributed by atoms with van der Waals surface area (Å²) in [5.41, 5.74) is 1.03. The number of benzene rings is 2. The average Bonchev–Trinajstić information content (AvgIpc) is 2.73. The van der Waals surface area contributed by atoms with Crippen LogP contribution in [0.3, 0.4) is 0 Å². The van der Waals surface area contributed by atoms with Crippen LogP contribution < -0.4 is 15.2 Å². The number of piperidine rings is 1. The lowest BCUT2D eigenvalue weighted by Gasteiger charge is -2.34. The van der Waals surface area contributed by atoms with Crippen molar-refractivity contribution in [2.75, 3.05) is 18.0 Å². The van der Waals surface area contributed by atoms with Crippen molar-refractivity contribution in [3.05, 3.63) is 81.2 Å². The predicted molar refractivity (Wildman–Crippen MR) is 112 cm³/mol. The summed E-state index contributed by atoms with van der Waals surface area (Å²) in [6.45, 7) is 1.45. The topological polar surface area (TPSA) is 47.4 Å². The van der Waals surface area contributed by atoms with Gasteiger partial charge in [-0.2, -0.15) is 9.78 Å². The minimum Gasteiger partial charge on any atom is -0.489 e. The summed E-state index contributed by atoms with van der Waals surface area (Å²) >= 11 is 12.6. The Balaban J connectivity index is 1.47. The van der Waals surface area contributed by atoms with Gasteiger partial charge in [-0.25, -0.2) is 0 Å². The molecule has 2 aromatic carbocycles. The first-order chi connectivity index (χ1) is 13.6. The van der Waals surface area contributed by atoms with Crippen LogP contribution in [0.25, 0.3) is 5.69 Å². The van der Waals surface area contributed by atoms with Gasteiger partial charge in [0.05, 0.1) is 22.6 Å². The third-order valence-corrected chi connectivity index (χ3v) is 5.48. The summed E-state index contributed by atoms with van der Waals surface area (Å²) in [4.78, 5) is 14.8. The standard InChI is InChI=1S/C21H19Cl2N3O2/c22-17-8-4-5-9-19(17)28-16-10-12-25(13-11-16)18-14-24-26(21(27)20(18)23)15-6-2-1-3-7-15/h1-9,14,16H,10-13H2. The van der Waals surface area contributed by atoms with Gasteiger partial charge in [0.25, 0.3) is 5.56 Å². The fourth-order valence-electron chi connectivity index (χ4n) is 3.33. The minimum atomic E-state index is -0.320. The van der Waals surface area contributed by atoms with Crippen LogP contribution >= 0.6 is 23.2 Å². The minimum absolute atomic E-state index is 0.0765. The predicted octanol–water partition coefficient (Wildman–Crippen LogP) is 4.59. The van der Waals surface area contributed by atoms with Gasteiger partial charge in [0.2, 0.25) is 0 Å². The second kappa shape index (κ2) is 8.25. The summed E-state index contributed by atoms with van der Waals surface area (Å²) in [6.07, 6.45) is 3.35. The van der Waals surface area contributed by atoms with Gasteiger partial charge in [-0.05, 0) is 24.3 Å². The van der Waals surface area contributed by atoms with Crippen LogP contribution in [0.15, 0.2) is 65.6 Å². The van der Waals surface area contributed by atoms with E-state index in [1.165, 1.54) is 4.68 Å². The van der Waals surface area contributed by atoms with E-state index in [9.17, 15) is 4.79 Å². The highest BCUT2D eigenvalue weighted by atomic mass is 35.5. The molecule has 0 radical (unpaired) electrons. The molecule has 1 aliphatic rings. The molecule has 1 aliphatic heterocycles. The molecule has 4 rings (SSSR count). The summed E-state index contributed by atoms with van der Waals surface area (Å²) in [5.74, 6) is 0.702. The monoisotopic (exact) mass is 415 g/mol. The number of para-hydroxylation sites is 2. The molecule has 3 aromatic rings. The lowest BCUT2D eigenvalue weighted by atomic mass is 10.1. The zero-order valence-electron chi connectivity index (χ0n) is 15.1. The van der Waals surface area contributed by atoms with Crippen molar-refractivity contribution in [1.82, 2.24) is 9.78 Å². The number of nitrogens with zero attached hydrogens (tertiary/aromatic N) is 3. The van der Waals surface area contributed by atoms with Crippen molar-refractivity contribution >= 4 is 28.9 Å². The molecular weight excluding hydrogens is 397 g/mol. The van der Waals surface area contributed by atoms with Crippen LogP contribution in [0.2, 0.25) is 10.0 Å². The van der Waals surface area contributed by atoms with Crippen molar-refractivity contribution in [2.24, 2.45) is 0 Å². The van der Waals surface area contributed by atoms with Gasteiger partial charge in [0.15, 0.2) is 0 Å².